The maximum absolute atomic E-state index is 11.8. The Bertz CT molecular complexity index is 591. The average molecular weight is 291 g/mol. The van der Waals surface area contributed by atoms with Gasteiger partial charge in [-0.2, -0.15) is 0 Å². The van der Waals surface area contributed by atoms with Crippen molar-refractivity contribution in [1.29, 1.82) is 0 Å². The first-order valence-electron chi connectivity index (χ1n) is 6.99. The molecule has 0 saturated carbocycles. The van der Waals surface area contributed by atoms with Gasteiger partial charge in [0.25, 0.3) is 0 Å². The number of piperidine rings is 1. The van der Waals surface area contributed by atoms with E-state index in [2.05, 4.69) is 15.6 Å². The summed E-state index contributed by atoms with van der Waals surface area (Å²) in [6, 6.07) is 2.99. The van der Waals surface area contributed by atoms with Crippen LogP contribution in [-0.2, 0) is 4.79 Å². The molecule has 2 unspecified atom stereocenters. The summed E-state index contributed by atoms with van der Waals surface area (Å²) < 4.78 is 0. The Morgan fingerprint density at radius 3 is 3.05 bits per heavy atom. The van der Waals surface area contributed by atoms with Gasteiger partial charge < -0.3 is 15.5 Å². The highest BCUT2D eigenvalue weighted by Crippen LogP contribution is 2.35. The first kappa shape index (κ1) is 13.6. The fourth-order valence-electron chi connectivity index (χ4n) is 3.15. The smallest absolute Gasteiger partial charge is 0.311 e. The van der Waals surface area contributed by atoms with Crippen LogP contribution in [0, 0.1) is 16.0 Å². The van der Waals surface area contributed by atoms with Crippen molar-refractivity contribution >= 4 is 23.2 Å². The van der Waals surface area contributed by atoms with Crippen LogP contribution in [0.3, 0.4) is 0 Å². The van der Waals surface area contributed by atoms with Gasteiger partial charge in [0.15, 0.2) is 0 Å². The molecule has 8 nitrogen and oxygen atoms in total. The van der Waals surface area contributed by atoms with Crippen molar-refractivity contribution in [3.05, 3.63) is 22.2 Å². The summed E-state index contributed by atoms with van der Waals surface area (Å²) in [5.74, 6) is 0.864. The first-order chi connectivity index (χ1) is 10.1. The van der Waals surface area contributed by atoms with Crippen molar-refractivity contribution in [1.82, 2.24) is 10.3 Å². The zero-order chi connectivity index (χ0) is 15.0. The van der Waals surface area contributed by atoms with Gasteiger partial charge in [0.1, 0.15) is 5.82 Å². The Kier molecular flexibility index (Phi) is 3.36. The molecule has 0 spiro atoms. The Balaban J connectivity index is 2.02. The number of rotatable bonds is 3. The van der Waals surface area contributed by atoms with Crippen molar-refractivity contribution in [3.8, 4) is 0 Å². The van der Waals surface area contributed by atoms with E-state index in [9.17, 15) is 14.9 Å². The number of nitrogens with one attached hydrogen (secondary N) is 2. The molecule has 2 aliphatic rings. The number of carbonyl (C=O) groups is 1. The molecule has 1 aromatic rings. The maximum Gasteiger partial charge on any atom is 0.311 e. The third-order valence-electron chi connectivity index (χ3n) is 4.18. The number of pyridine rings is 1. The van der Waals surface area contributed by atoms with Crippen LogP contribution >= 0.6 is 0 Å². The third kappa shape index (κ3) is 2.26. The second-order valence-corrected chi connectivity index (χ2v) is 5.30. The molecule has 0 aromatic carbocycles. The minimum atomic E-state index is -0.421. The Morgan fingerprint density at radius 1 is 1.52 bits per heavy atom. The molecule has 3 rings (SSSR count). The molecular formula is C13H17N5O3. The van der Waals surface area contributed by atoms with Crippen LogP contribution in [-0.4, -0.2) is 42.0 Å². The van der Waals surface area contributed by atoms with Crippen LogP contribution in [0.25, 0.3) is 0 Å². The van der Waals surface area contributed by atoms with Crippen LogP contribution in [0.2, 0.25) is 0 Å². The summed E-state index contributed by atoms with van der Waals surface area (Å²) in [5, 5.41) is 17.0. The summed E-state index contributed by atoms with van der Waals surface area (Å²) in [6.45, 7) is 1.20. The number of aromatic nitrogens is 1. The van der Waals surface area contributed by atoms with Gasteiger partial charge in [-0.1, -0.05) is 0 Å². The summed E-state index contributed by atoms with van der Waals surface area (Å²) in [4.78, 5) is 28.9. The lowest BCUT2D eigenvalue weighted by atomic mass is 9.91. The van der Waals surface area contributed by atoms with Crippen LogP contribution < -0.4 is 15.5 Å². The normalized spacial score (nSPS) is 24.4. The first-order valence-corrected chi connectivity index (χ1v) is 6.99. The fraction of sp³-hybridized carbons (Fsp3) is 0.538. The van der Waals surface area contributed by atoms with E-state index in [0.717, 1.165) is 12.8 Å². The van der Waals surface area contributed by atoms with Gasteiger partial charge in [0, 0.05) is 26.2 Å². The predicted molar refractivity (Wildman–Crippen MR) is 77.3 cm³/mol. The van der Waals surface area contributed by atoms with Gasteiger partial charge in [-0.05, 0) is 18.9 Å². The van der Waals surface area contributed by atoms with E-state index in [1.165, 1.54) is 6.07 Å². The molecule has 3 heterocycles. The summed E-state index contributed by atoms with van der Waals surface area (Å²) >= 11 is 0. The van der Waals surface area contributed by atoms with Crippen LogP contribution in [0.4, 0.5) is 17.3 Å². The second kappa shape index (κ2) is 5.19. The number of nitro groups is 1. The lowest BCUT2D eigenvalue weighted by Crippen LogP contribution is -2.46. The van der Waals surface area contributed by atoms with E-state index in [4.69, 9.17) is 0 Å². The highest BCUT2D eigenvalue weighted by atomic mass is 16.6. The summed E-state index contributed by atoms with van der Waals surface area (Å²) in [7, 11) is 1.72. The van der Waals surface area contributed by atoms with E-state index < -0.39 is 4.92 Å². The fourth-order valence-corrected chi connectivity index (χ4v) is 3.15. The molecule has 2 N–H and O–H groups in total. The molecule has 2 fully saturated rings. The van der Waals surface area contributed by atoms with Crippen molar-refractivity contribution in [2.75, 3.05) is 30.4 Å². The Hall–Kier alpha value is -2.38. The Labute approximate surface area is 121 Å². The average Bonchev–Trinajstić information content (AvgIpc) is 2.88. The monoisotopic (exact) mass is 291 g/mol. The number of anilines is 2. The minimum Gasteiger partial charge on any atom is -0.373 e. The summed E-state index contributed by atoms with van der Waals surface area (Å²) in [6.07, 6.45) is 1.66. The number of carbonyl (C=O) groups excluding carboxylic acids is 1. The topological polar surface area (TPSA) is 100 Å². The lowest BCUT2D eigenvalue weighted by Gasteiger charge is -2.36. The quantitative estimate of drug-likeness (QED) is 0.629. The van der Waals surface area contributed by atoms with E-state index in [-0.39, 0.29) is 23.6 Å². The van der Waals surface area contributed by atoms with Crippen LogP contribution in [0.15, 0.2) is 12.1 Å². The number of hydrogen-bond donors (Lipinski definition) is 2. The highest BCUT2D eigenvalue weighted by Gasteiger charge is 2.43. The molecule has 2 saturated heterocycles. The van der Waals surface area contributed by atoms with Gasteiger partial charge in [-0.25, -0.2) is 4.98 Å². The summed E-state index contributed by atoms with van der Waals surface area (Å²) in [5.41, 5.74) is -0.0194. The maximum atomic E-state index is 11.8. The predicted octanol–water partition coefficient (Wildman–Crippen LogP) is 0.746. The highest BCUT2D eigenvalue weighted by molar-refractivity contribution is 5.83. The van der Waals surface area contributed by atoms with Gasteiger partial charge in [-0.3, -0.25) is 14.9 Å². The second-order valence-electron chi connectivity index (χ2n) is 5.30. The molecule has 1 amide bonds. The van der Waals surface area contributed by atoms with Crippen molar-refractivity contribution in [3.63, 3.8) is 0 Å². The zero-order valence-electron chi connectivity index (χ0n) is 11.7. The SMILES string of the molecule is CNc1ccc([N+](=O)[O-])c(N2CCCC3C(=O)NCC32)n1. The lowest BCUT2D eigenvalue weighted by molar-refractivity contribution is -0.384. The number of fused-ring (bicyclic) bond motifs is 1. The molecule has 0 bridgehead atoms. The molecule has 2 atom stereocenters. The van der Waals surface area contributed by atoms with Crippen LogP contribution in [0.1, 0.15) is 12.8 Å². The van der Waals surface area contributed by atoms with Gasteiger partial charge in [-0.15, -0.1) is 0 Å². The number of amides is 1. The van der Waals surface area contributed by atoms with E-state index >= 15 is 0 Å². The van der Waals surface area contributed by atoms with E-state index in [1.54, 1.807) is 13.1 Å². The van der Waals surface area contributed by atoms with E-state index in [0.29, 0.717) is 24.7 Å². The van der Waals surface area contributed by atoms with Crippen molar-refractivity contribution in [2.24, 2.45) is 5.92 Å². The van der Waals surface area contributed by atoms with Crippen molar-refractivity contribution in [2.45, 2.75) is 18.9 Å². The molecule has 21 heavy (non-hydrogen) atoms. The van der Waals surface area contributed by atoms with Crippen LogP contribution in [0.5, 0.6) is 0 Å². The molecule has 0 aliphatic carbocycles. The molecule has 2 aliphatic heterocycles. The Morgan fingerprint density at radius 2 is 2.33 bits per heavy atom. The molecule has 112 valence electrons. The van der Waals surface area contributed by atoms with Crippen molar-refractivity contribution < 1.29 is 9.72 Å². The largest absolute Gasteiger partial charge is 0.373 e. The standard InChI is InChI=1S/C13H17N5O3/c1-14-11-5-4-9(18(20)21)12(16-11)17-6-2-3-8-10(17)7-15-13(8)19/h4-5,8,10H,2-3,6-7H2,1H3,(H,14,16)(H,15,19). The van der Waals surface area contributed by atoms with Gasteiger partial charge >= 0.3 is 5.69 Å². The van der Waals surface area contributed by atoms with E-state index in [1.807, 2.05) is 4.90 Å². The molecular weight excluding hydrogens is 274 g/mol. The third-order valence-corrected chi connectivity index (χ3v) is 4.18. The van der Waals surface area contributed by atoms with Gasteiger partial charge in [0.05, 0.1) is 16.9 Å². The zero-order valence-corrected chi connectivity index (χ0v) is 11.7. The number of nitrogens with zero attached hydrogens (tertiary/aromatic N) is 3. The molecule has 1 aromatic heterocycles. The van der Waals surface area contributed by atoms with Gasteiger partial charge in [0.2, 0.25) is 11.7 Å². The minimum absolute atomic E-state index is 0.0194. The molecule has 8 heteroatoms. The number of hydrogen-bond acceptors (Lipinski definition) is 6. The molecule has 0 radical (unpaired) electrons.